The molecular weight excluding hydrogens is 408 g/mol. The zero-order chi connectivity index (χ0) is 17.5. The Morgan fingerprint density at radius 3 is 2.48 bits per heavy atom. The van der Waals surface area contributed by atoms with Gasteiger partial charge in [0.05, 0.1) is 22.8 Å². The molecule has 0 amide bonds. The lowest BCUT2D eigenvalue weighted by molar-refractivity contribution is 0.0539. The van der Waals surface area contributed by atoms with Gasteiger partial charge in [-0.1, -0.05) is 28.1 Å². The Bertz CT molecular complexity index is 857. The Morgan fingerprint density at radius 1 is 1.12 bits per heavy atom. The van der Waals surface area contributed by atoms with Gasteiger partial charge in [0.2, 0.25) is 11.8 Å². The van der Waals surface area contributed by atoms with Gasteiger partial charge in [0, 0.05) is 17.7 Å². The summed E-state index contributed by atoms with van der Waals surface area (Å²) in [5, 5.41) is 8.52. The molecule has 134 valence electrons. The molecule has 2 aliphatic rings. The van der Waals surface area contributed by atoms with Crippen molar-refractivity contribution in [2.24, 2.45) is 0 Å². The van der Waals surface area contributed by atoms with Crippen LogP contribution in [0.1, 0.15) is 42.5 Å². The number of sulfone groups is 1. The first-order valence-corrected chi connectivity index (χ1v) is 11.0. The second kappa shape index (κ2) is 6.48. The van der Waals surface area contributed by atoms with Gasteiger partial charge in [-0.05, 0) is 37.0 Å². The number of hydrogen-bond acceptors (Lipinski definition) is 6. The average molecular weight is 427 g/mol. The summed E-state index contributed by atoms with van der Waals surface area (Å²) in [7, 11) is -2.98. The number of hydrogen-bond donors (Lipinski definition) is 0. The molecule has 25 heavy (non-hydrogen) atoms. The summed E-state index contributed by atoms with van der Waals surface area (Å²) < 4.78 is 36.1. The zero-order valence-electron chi connectivity index (χ0n) is 13.7. The van der Waals surface area contributed by atoms with E-state index in [1.165, 1.54) is 0 Å². The third-order valence-corrected chi connectivity index (χ3v) is 7.47. The molecule has 0 aliphatic carbocycles. The molecule has 0 N–H and O–H groups in total. The van der Waals surface area contributed by atoms with Crippen molar-refractivity contribution in [2.75, 3.05) is 24.7 Å². The lowest BCUT2D eigenvalue weighted by Crippen LogP contribution is -2.35. The number of ether oxygens (including phenoxy) is 1. The zero-order valence-corrected chi connectivity index (χ0v) is 16.1. The highest BCUT2D eigenvalue weighted by Gasteiger charge is 2.42. The van der Waals surface area contributed by atoms with Gasteiger partial charge in [-0.25, -0.2) is 8.42 Å². The minimum absolute atomic E-state index is 0.100. The smallest absolute Gasteiger partial charge is 0.227 e. The van der Waals surface area contributed by atoms with Crippen molar-refractivity contribution >= 4 is 25.8 Å². The van der Waals surface area contributed by atoms with E-state index in [4.69, 9.17) is 9.15 Å². The highest BCUT2D eigenvalue weighted by atomic mass is 79.9. The van der Waals surface area contributed by atoms with Crippen LogP contribution in [0, 0.1) is 0 Å². The average Bonchev–Trinajstić information content (AvgIpc) is 3.23. The fraction of sp³-hybridized carbons (Fsp3) is 0.529. The molecule has 1 aromatic heterocycles. The van der Waals surface area contributed by atoms with E-state index in [1.807, 2.05) is 12.1 Å². The third kappa shape index (κ3) is 3.27. The minimum Gasteiger partial charge on any atom is -0.424 e. The Hall–Kier alpha value is -1.25. The number of rotatable bonds is 3. The van der Waals surface area contributed by atoms with Gasteiger partial charge in [-0.3, -0.25) is 0 Å². The van der Waals surface area contributed by atoms with Crippen LogP contribution in [0.25, 0.3) is 0 Å². The van der Waals surface area contributed by atoms with E-state index in [0.717, 1.165) is 22.9 Å². The first-order chi connectivity index (χ1) is 12.0. The van der Waals surface area contributed by atoms with Gasteiger partial charge in [0.1, 0.15) is 0 Å². The molecule has 0 saturated carbocycles. The summed E-state index contributed by atoms with van der Waals surface area (Å²) in [4.78, 5) is 0. The molecule has 2 saturated heterocycles. The molecule has 2 aliphatic heterocycles. The molecule has 8 heteroatoms. The predicted octanol–water partition coefficient (Wildman–Crippen LogP) is 2.83. The predicted molar refractivity (Wildman–Crippen MR) is 95.3 cm³/mol. The first kappa shape index (κ1) is 17.2. The van der Waals surface area contributed by atoms with E-state index < -0.39 is 9.84 Å². The molecule has 0 radical (unpaired) electrons. The molecule has 6 nitrogen and oxygen atoms in total. The molecule has 2 aromatic rings. The summed E-state index contributed by atoms with van der Waals surface area (Å²) >= 11 is 3.47. The monoisotopic (exact) mass is 426 g/mol. The SMILES string of the molecule is O=S1(=O)CC[C@@H](c2nnc(C3(c4ccc(Br)cc4)CCOCC3)o2)C1. The van der Waals surface area contributed by atoms with Crippen LogP contribution in [0.2, 0.25) is 0 Å². The summed E-state index contributed by atoms with van der Waals surface area (Å²) in [6, 6.07) is 8.15. The van der Waals surface area contributed by atoms with Crippen molar-refractivity contribution in [1.29, 1.82) is 0 Å². The maximum Gasteiger partial charge on any atom is 0.227 e. The van der Waals surface area contributed by atoms with Gasteiger partial charge < -0.3 is 9.15 Å². The van der Waals surface area contributed by atoms with Crippen LogP contribution >= 0.6 is 15.9 Å². The van der Waals surface area contributed by atoms with Gasteiger partial charge in [0.15, 0.2) is 9.84 Å². The number of nitrogens with zero attached hydrogens (tertiary/aromatic N) is 2. The fourth-order valence-corrected chi connectivity index (χ4v) is 5.69. The van der Waals surface area contributed by atoms with E-state index in [2.05, 4.69) is 38.3 Å². The van der Waals surface area contributed by atoms with Crippen molar-refractivity contribution in [3.63, 3.8) is 0 Å². The normalized spacial score (nSPS) is 25.1. The lowest BCUT2D eigenvalue weighted by atomic mass is 9.74. The molecular formula is C17H19BrN2O4S. The highest BCUT2D eigenvalue weighted by molar-refractivity contribution is 9.10. The summed E-state index contributed by atoms with van der Waals surface area (Å²) in [6.07, 6.45) is 2.08. The van der Waals surface area contributed by atoms with E-state index in [0.29, 0.717) is 31.4 Å². The summed E-state index contributed by atoms with van der Waals surface area (Å²) in [6.45, 7) is 1.26. The molecule has 4 rings (SSSR count). The highest BCUT2D eigenvalue weighted by Crippen LogP contribution is 2.42. The van der Waals surface area contributed by atoms with Crippen LogP contribution in [-0.4, -0.2) is 43.3 Å². The van der Waals surface area contributed by atoms with Gasteiger partial charge in [0.25, 0.3) is 0 Å². The van der Waals surface area contributed by atoms with Gasteiger partial charge >= 0.3 is 0 Å². The quantitative estimate of drug-likeness (QED) is 0.750. The Morgan fingerprint density at radius 2 is 1.84 bits per heavy atom. The second-order valence-electron chi connectivity index (χ2n) is 6.75. The van der Waals surface area contributed by atoms with Gasteiger partial charge in [-0.15, -0.1) is 10.2 Å². The Labute approximate surface area is 155 Å². The van der Waals surface area contributed by atoms with Crippen LogP contribution in [0.3, 0.4) is 0 Å². The fourth-order valence-electron chi connectivity index (χ4n) is 3.70. The molecule has 3 heterocycles. The van der Waals surface area contributed by atoms with Crippen LogP contribution in [0.15, 0.2) is 33.2 Å². The van der Waals surface area contributed by atoms with E-state index in [-0.39, 0.29) is 22.8 Å². The van der Waals surface area contributed by atoms with Gasteiger partial charge in [-0.2, -0.15) is 0 Å². The summed E-state index contributed by atoms with van der Waals surface area (Å²) in [5.41, 5.74) is 0.745. The Balaban J connectivity index is 1.70. The maximum atomic E-state index is 11.7. The van der Waals surface area contributed by atoms with Crippen molar-refractivity contribution < 1.29 is 17.6 Å². The van der Waals surface area contributed by atoms with Crippen molar-refractivity contribution in [3.8, 4) is 0 Å². The number of halogens is 1. The lowest BCUT2D eigenvalue weighted by Gasteiger charge is -2.34. The van der Waals surface area contributed by atoms with Crippen LogP contribution in [0.5, 0.6) is 0 Å². The number of benzene rings is 1. The second-order valence-corrected chi connectivity index (χ2v) is 9.89. The van der Waals surface area contributed by atoms with Crippen molar-refractivity contribution in [3.05, 3.63) is 46.1 Å². The third-order valence-electron chi connectivity index (χ3n) is 5.17. The van der Waals surface area contributed by atoms with E-state index in [1.54, 1.807) is 0 Å². The van der Waals surface area contributed by atoms with Crippen LogP contribution < -0.4 is 0 Å². The van der Waals surface area contributed by atoms with Crippen LogP contribution in [0.4, 0.5) is 0 Å². The van der Waals surface area contributed by atoms with Crippen molar-refractivity contribution in [2.45, 2.75) is 30.6 Å². The topological polar surface area (TPSA) is 82.3 Å². The standard InChI is InChI=1S/C17H19BrN2O4S/c18-14-3-1-13(2-4-14)17(6-8-23-9-7-17)16-20-19-15(24-16)12-5-10-25(21,22)11-12/h1-4,12H,5-11H2/t12-/m1/s1. The molecule has 2 fully saturated rings. The van der Waals surface area contributed by atoms with Crippen molar-refractivity contribution in [1.82, 2.24) is 10.2 Å². The minimum atomic E-state index is -2.98. The Kier molecular flexibility index (Phi) is 4.45. The largest absolute Gasteiger partial charge is 0.424 e. The molecule has 1 aromatic carbocycles. The summed E-state index contributed by atoms with van der Waals surface area (Å²) in [5.74, 6) is 1.12. The first-order valence-electron chi connectivity index (χ1n) is 8.37. The molecule has 0 spiro atoms. The van der Waals surface area contributed by atoms with E-state index in [9.17, 15) is 8.42 Å². The molecule has 0 unspecified atom stereocenters. The van der Waals surface area contributed by atoms with E-state index >= 15 is 0 Å². The van der Waals surface area contributed by atoms with Crippen LogP contribution in [-0.2, 0) is 20.0 Å². The molecule has 0 bridgehead atoms. The maximum absolute atomic E-state index is 11.7. The molecule has 1 atom stereocenters. The number of aromatic nitrogens is 2.